The summed E-state index contributed by atoms with van der Waals surface area (Å²) in [4.78, 5) is 11.4. The number of amides is 1. The van der Waals surface area contributed by atoms with E-state index in [0.717, 1.165) is 5.69 Å². The summed E-state index contributed by atoms with van der Waals surface area (Å²) < 4.78 is 5.31. The van der Waals surface area contributed by atoms with E-state index in [1.165, 1.54) is 0 Å². The van der Waals surface area contributed by atoms with Gasteiger partial charge in [0.1, 0.15) is 6.04 Å². The van der Waals surface area contributed by atoms with Crippen LogP contribution in [-0.4, -0.2) is 24.7 Å². The Bertz CT molecular complexity index is 363. The van der Waals surface area contributed by atoms with Gasteiger partial charge in [0.25, 0.3) is 0 Å². The SMILES string of the molecule is COC(C)(C)CC(Nc1ccccc1)C(N)=O. The van der Waals surface area contributed by atoms with Crippen LogP contribution in [0.4, 0.5) is 5.69 Å². The summed E-state index contributed by atoms with van der Waals surface area (Å²) in [5.41, 5.74) is 5.88. The zero-order valence-corrected chi connectivity index (χ0v) is 10.6. The fraction of sp³-hybridized carbons (Fsp3) is 0.462. The second kappa shape index (κ2) is 5.68. The number of carbonyl (C=O) groups excluding carboxylic acids is 1. The van der Waals surface area contributed by atoms with Crippen molar-refractivity contribution in [1.82, 2.24) is 0 Å². The summed E-state index contributed by atoms with van der Waals surface area (Å²) in [7, 11) is 1.63. The molecule has 0 aliphatic heterocycles. The number of hydrogen-bond donors (Lipinski definition) is 2. The van der Waals surface area contributed by atoms with Gasteiger partial charge in [-0.15, -0.1) is 0 Å². The maximum atomic E-state index is 11.4. The molecule has 1 atom stereocenters. The number of rotatable bonds is 6. The number of nitrogens with one attached hydrogen (secondary N) is 1. The van der Waals surface area contributed by atoms with E-state index in [1.807, 2.05) is 44.2 Å². The molecule has 17 heavy (non-hydrogen) atoms. The molecule has 1 rings (SSSR count). The Balaban J connectivity index is 2.71. The molecule has 1 amide bonds. The van der Waals surface area contributed by atoms with Crippen molar-refractivity contribution in [3.63, 3.8) is 0 Å². The predicted octanol–water partition coefficient (Wildman–Crippen LogP) is 1.77. The van der Waals surface area contributed by atoms with Crippen molar-refractivity contribution >= 4 is 11.6 Å². The van der Waals surface area contributed by atoms with Gasteiger partial charge in [0, 0.05) is 19.2 Å². The van der Waals surface area contributed by atoms with Gasteiger partial charge in [-0.05, 0) is 26.0 Å². The minimum Gasteiger partial charge on any atom is -0.379 e. The molecule has 0 fully saturated rings. The molecule has 94 valence electrons. The average molecular weight is 236 g/mol. The average Bonchev–Trinajstić information content (AvgIpc) is 2.29. The van der Waals surface area contributed by atoms with E-state index in [-0.39, 0.29) is 11.5 Å². The normalized spacial score (nSPS) is 13.1. The van der Waals surface area contributed by atoms with Crippen LogP contribution in [0.25, 0.3) is 0 Å². The van der Waals surface area contributed by atoms with Crippen molar-refractivity contribution in [2.24, 2.45) is 5.73 Å². The third-order valence-corrected chi connectivity index (χ3v) is 2.71. The van der Waals surface area contributed by atoms with Crippen molar-refractivity contribution in [1.29, 1.82) is 0 Å². The lowest BCUT2D eigenvalue weighted by Crippen LogP contribution is -2.41. The summed E-state index contributed by atoms with van der Waals surface area (Å²) in [6, 6.07) is 9.09. The smallest absolute Gasteiger partial charge is 0.240 e. The molecule has 0 aliphatic carbocycles. The van der Waals surface area contributed by atoms with Gasteiger partial charge >= 0.3 is 0 Å². The Labute approximate surface area is 102 Å². The minimum atomic E-state index is -0.438. The number of benzene rings is 1. The van der Waals surface area contributed by atoms with Crippen LogP contribution in [-0.2, 0) is 9.53 Å². The Morgan fingerprint density at radius 2 is 2.00 bits per heavy atom. The van der Waals surface area contributed by atoms with Crippen LogP contribution in [0.1, 0.15) is 20.3 Å². The van der Waals surface area contributed by atoms with Crippen LogP contribution in [0.2, 0.25) is 0 Å². The summed E-state index contributed by atoms with van der Waals surface area (Å²) in [6.45, 7) is 3.85. The first-order valence-electron chi connectivity index (χ1n) is 5.61. The lowest BCUT2D eigenvalue weighted by atomic mass is 9.98. The van der Waals surface area contributed by atoms with Crippen LogP contribution in [0.5, 0.6) is 0 Å². The highest BCUT2D eigenvalue weighted by molar-refractivity contribution is 5.83. The van der Waals surface area contributed by atoms with E-state index in [2.05, 4.69) is 5.32 Å². The predicted molar refractivity (Wildman–Crippen MR) is 68.8 cm³/mol. The number of hydrogen-bond acceptors (Lipinski definition) is 3. The van der Waals surface area contributed by atoms with Crippen molar-refractivity contribution in [3.05, 3.63) is 30.3 Å². The molecule has 0 aromatic heterocycles. The molecule has 0 radical (unpaired) electrons. The molecule has 0 aliphatic rings. The second-order valence-electron chi connectivity index (χ2n) is 4.63. The fourth-order valence-corrected chi connectivity index (χ4v) is 1.53. The number of primary amides is 1. The quantitative estimate of drug-likeness (QED) is 0.791. The monoisotopic (exact) mass is 236 g/mol. The maximum Gasteiger partial charge on any atom is 0.240 e. The number of nitrogens with two attached hydrogens (primary N) is 1. The van der Waals surface area contributed by atoms with Crippen molar-refractivity contribution in [2.45, 2.75) is 31.9 Å². The van der Waals surface area contributed by atoms with Gasteiger partial charge in [-0.25, -0.2) is 0 Å². The van der Waals surface area contributed by atoms with Crippen LogP contribution < -0.4 is 11.1 Å². The molecule has 3 N–H and O–H groups in total. The summed E-state index contributed by atoms with van der Waals surface area (Å²) in [5, 5.41) is 3.11. The molecule has 0 bridgehead atoms. The topological polar surface area (TPSA) is 64.3 Å². The molecular formula is C13H20N2O2. The summed E-state index contributed by atoms with van der Waals surface area (Å²) in [6.07, 6.45) is 0.522. The number of ether oxygens (including phenoxy) is 1. The lowest BCUT2D eigenvalue weighted by Gasteiger charge is -2.28. The molecule has 0 saturated heterocycles. The Kier molecular flexibility index (Phi) is 4.52. The summed E-state index contributed by atoms with van der Waals surface area (Å²) >= 11 is 0. The van der Waals surface area contributed by atoms with Gasteiger partial charge in [-0.3, -0.25) is 4.79 Å². The fourth-order valence-electron chi connectivity index (χ4n) is 1.53. The van der Waals surface area contributed by atoms with E-state index >= 15 is 0 Å². The largest absolute Gasteiger partial charge is 0.379 e. The first-order valence-corrected chi connectivity index (χ1v) is 5.61. The van der Waals surface area contributed by atoms with Gasteiger partial charge in [-0.1, -0.05) is 18.2 Å². The first-order chi connectivity index (χ1) is 7.94. The van der Waals surface area contributed by atoms with Crippen molar-refractivity contribution in [3.8, 4) is 0 Å². The Hall–Kier alpha value is -1.55. The van der Waals surface area contributed by atoms with Crippen LogP contribution in [0.3, 0.4) is 0 Å². The molecule has 1 aromatic rings. The van der Waals surface area contributed by atoms with Gasteiger partial charge in [0.15, 0.2) is 0 Å². The highest BCUT2D eigenvalue weighted by atomic mass is 16.5. The highest BCUT2D eigenvalue weighted by Gasteiger charge is 2.26. The number of anilines is 1. The van der Waals surface area contributed by atoms with Gasteiger partial charge < -0.3 is 15.8 Å². The number of para-hydroxylation sites is 1. The minimum absolute atomic E-state index is 0.376. The van der Waals surface area contributed by atoms with Crippen LogP contribution in [0, 0.1) is 0 Å². The van der Waals surface area contributed by atoms with Crippen LogP contribution in [0.15, 0.2) is 30.3 Å². The van der Waals surface area contributed by atoms with E-state index < -0.39 is 6.04 Å². The third-order valence-electron chi connectivity index (χ3n) is 2.71. The lowest BCUT2D eigenvalue weighted by molar-refractivity contribution is -0.120. The third kappa shape index (κ3) is 4.44. The van der Waals surface area contributed by atoms with Gasteiger partial charge in [0.05, 0.1) is 5.60 Å². The highest BCUT2D eigenvalue weighted by Crippen LogP contribution is 2.18. The van der Waals surface area contributed by atoms with E-state index in [0.29, 0.717) is 6.42 Å². The number of carbonyl (C=O) groups is 1. The Morgan fingerprint density at radius 1 is 1.41 bits per heavy atom. The maximum absolute atomic E-state index is 11.4. The molecule has 4 nitrogen and oxygen atoms in total. The zero-order chi connectivity index (χ0) is 12.9. The van der Waals surface area contributed by atoms with Crippen LogP contribution >= 0.6 is 0 Å². The van der Waals surface area contributed by atoms with E-state index in [4.69, 9.17) is 10.5 Å². The second-order valence-corrected chi connectivity index (χ2v) is 4.63. The van der Waals surface area contributed by atoms with Gasteiger partial charge in [0.2, 0.25) is 5.91 Å². The molecule has 0 heterocycles. The number of methoxy groups -OCH3 is 1. The van der Waals surface area contributed by atoms with Gasteiger partial charge in [-0.2, -0.15) is 0 Å². The zero-order valence-electron chi connectivity index (χ0n) is 10.6. The molecule has 1 unspecified atom stereocenters. The first kappa shape index (κ1) is 13.5. The molecule has 4 heteroatoms. The van der Waals surface area contributed by atoms with Crippen molar-refractivity contribution in [2.75, 3.05) is 12.4 Å². The Morgan fingerprint density at radius 3 is 2.47 bits per heavy atom. The molecular weight excluding hydrogens is 216 g/mol. The molecule has 1 aromatic carbocycles. The molecule has 0 saturated carbocycles. The standard InChI is InChI=1S/C13H20N2O2/c1-13(2,17-3)9-11(12(14)16)15-10-7-5-4-6-8-10/h4-8,11,15H,9H2,1-3H3,(H2,14,16). The van der Waals surface area contributed by atoms with Crippen molar-refractivity contribution < 1.29 is 9.53 Å². The molecule has 0 spiro atoms. The van der Waals surface area contributed by atoms with E-state index in [9.17, 15) is 4.79 Å². The van der Waals surface area contributed by atoms with E-state index in [1.54, 1.807) is 7.11 Å². The summed E-state index contributed by atoms with van der Waals surface area (Å²) in [5.74, 6) is -0.376.